The fourth-order valence-electron chi connectivity index (χ4n) is 4.01. The Bertz CT molecular complexity index is 1280. The van der Waals surface area contributed by atoms with Gasteiger partial charge in [0.25, 0.3) is 0 Å². The zero-order chi connectivity index (χ0) is 25.6. The molecule has 0 heterocycles. The van der Waals surface area contributed by atoms with E-state index in [1.807, 2.05) is 37.3 Å². The molecule has 0 bridgehead atoms. The molecule has 3 aromatic carbocycles. The molecule has 0 saturated carbocycles. The number of hydrogen-bond acceptors (Lipinski definition) is 5. The van der Waals surface area contributed by atoms with Crippen molar-refractivity contribution in [3.63, 3.8) is 0 Å². The normalized spacial score (nSPS) is 12.1. The molecule has 184 valence electrons. The van der Waals surface area contributed by atoms with Gasteiger partial charge in [-0.3, -0.25) is 4.79 Å². The lowest BCUT2D eigenvalue weighted by atomic mass is 10.1. The predicted octanol–water partition coefficient (Wildman–Crippen LogP) is 4.32. The van der Waals surface area contributed by atoms with Crippen molar-refractivity contribution in [2.24, 2.45) is 0 Å². The van der Waals surface area contributed by atoms with Gasteiger partial charge >= 0.3 is 5.97 Å². The molecule has 0 aliphatic carbocycles. The van der Waals surface area contributed by atoms with Crippen molar-refractivity contribution >= 4 is 27.6 Å². The van der Waals surface area contributed by atoms with Crippen molar-refractivity contribution in [1.29, 1.82) is 0 Å². The Hall–Kier alpha value is -3.49. The standard InChI is InChI=1S/C27H30N2O5S/c1-5-34-27(31)22-11-13-23(14-12-22)28-26(30)24(17-21-9-7-6-8-10-21)29-35(32,33)25-19(3)15-18(2)16-20(25)4/h6-16,24,29H,5,17H2,1-4H3,(H,28,30)/t24-/m1/s1. The molecule has 35 heavy (non-hydrogen) atoms. The number of carbonyl (C=O) groups excluding carboxylic acids is 2. The van der Waals surface area contributed by atoms with Crippen molar-refractivity contribution in [1.82, 2.24) is 4.72 Å². The molecule has 7 nitrogen and oxygen atoms in total. The Balaban J connectivity index is 1.87. The minimum atomic E-state index is -3.99. The first kappa shape index (κ1) is 26.1. The maximum atomic E-state index is 13.4. The summed E-state index contributed by atoms with van der Waals surface area (Å²) in [5.41, 5.74) is 3.79. The quantitative estimate of drug-likeness (QED) is 0.432. The molecule has 0 aromatic heterocycles. The number of esters is 1. The Labute approximate surface area is 206 Å². The largest absolute Gasteiger partial charge is 0.462 e. The highest BCUT2D eigenvalue weighted by Crippen LogP contribution is 2.22. The zero-order valence-corrected chi connectivity index (χ0v) is 21.1. The van der Waals surface area contributed by atoms with Crippen molar-refractivity contribution in [3.8, 4) is 0 Å². The van der Waals surface area contributed by atoms with E-state index < -0.39 is 27.9 Å². The van der Waals surface area contributed by atoms with E-state index in [1.165, 1.54) is 0 Å². The van der Waals surface area contributed by atoms with Gasteiger partial charge in [-0.15, -0.1) is 0 Å². The van der Waals surface area contributed by atoms with Crippen LogP contribution >= 0.6 is 0 Å². The predicted molar refractivity (Wildman–Crippen MR) is 136 cm³/mol. The number of rotatable bonds is 9. The second-order valence-corrected chi connectivity index (χ2v) is 10.0. The summed E-state index contributed by atoms with van der Waals surface area (Å²) < 4.78 is 34.3. The lowest BCUT2D eigenvalue weighted by Crippen LogP contribution is -2.45. The van der Waals surface area contributed by atoms with Crippen LogP contribution in [0.15, 0.2) is 71.6 Å². The lowest BCUT2D eigenvalue weighted by molar-refractivity contribution is -0.117. The molecule has 3 aromatic rings. The Kier molecular flexibility index (Phi) is 8.43. The van der Waals surface area contributed by atoms with Gasteiger partial charge in [0.05, 0.1) is 17.1 Å². The molecule has 0 aliphatic heterocycles. The van der Waals surface area contributed by atoms with Crippen LogP contribution in [-0.4, -0.2) is 32.9 Å². The maximum absolute atomic E-state index is 13.4. The topological polar surface area (TPSA) is 102 Å². The van der Waals surface area contributed by atoms with Gasteiger partial charge in [0.15, 0.2) is 0 Å². The molecule has 0 spiro atoms. The lowest BCUT2D eigenvalue weighted by Gasteiger charge is -2.21. The molecule has 1 amide bonds. The SMILES string of the molecule is CCOC(=O)c1ccc(NC(=O)[C@@H](Cc2ccccc2)NS(=O)(=O)c2c(C)cc(C)cc2C)cc1. The van der Waals surface area contributed by atoms with Gasteiger partial charge in [-0.1, -0.05) is 48.0 Å². The second kappa shape index (κ2) is 11.3. The fraction of sp³-hybridized carbons (Fsp3) is 0.259. The second-order valence-electron chi connectivity index (χ2n) is 8.38. The van der Waals surface area contributed by atoms with E-state index in [1.54, 1.807) is 57.2 Å². The van der Waals surface area contributed by atoms with Crippen LogP contribution in [0.25, 0.3) is 0 Å². The summed E-state index contributed by atoms with van der Waals surface area (Å²) in [6.07, 6.45) is 0.163. The van der Waals surface area contributed by atoms with Crippen LogP contribution in [0.5, 0.6) is 0 Å². The van der Waals surface area contributed by atoms with Crippen LogP contribution in [-0.2, 0) is 26.0 Å². The third-order valence-corrected chi connectivity index (χ3v) is 7.21. The fourth-order valence-corrected chi connectivity index (χ4v) is 5.66. The number of nitrogens with one attached hydrogen (secondary N) is 2. The molecule has 1 atom stereocenters. The van der Waals surface area contributed by atoms with Gasteiger partial charge < -0.3 is 10.1 Å². The van der Waals surface area contributed by atoms with E-state index in [0.717, 1.165) is 11.1 Å². The third-order valence-electron chi connectivity index (χ3n) is 5.43. The number of aryl methyl sites for hydroxylation is 3. The number of hydrogen-bond donors (Lipinski definition) is 2. The first-order valence-electron chi connectivity index (χ1n) is 11.3. The highest BCUT2D eigenvalue weighted by atomic mass is 32.2. The van der Waals surface area contributed by atoms with Crippen LogP contribution in [0, 0.1) is 20.8 Å². The number of amides is 1. The van der Waals surface area contributed by atoms with Crippen LogP contribution in [0.4, 0.5) is 5.69 Å². The van der Waals surface area contributed by atoms with Gasteiger partial charge in [0.2, 0.25) is 15.9 Å². The molecule has 0 radical (unpaired) electrons. The smallest absolute Gasteiger partial charge is 0.338 e. The van der Waals surface area contributed by atoms with E-state index in [2.05, 4.69) is 10.0 Å². The first-order chi connectivity index (χ1) is 16.6. The molecular formula is C27H30N2O5S. The number of benzene rings is 3. The van der Waals surface area contributed by atoms with Crippen molar-refractivity contribution in [2.75, 3.05) is 11.9 Å². The van der Waals surface area contributed by atoms with Gasteiger partial charge in [0, 0.05) is 5.69 Å². The van der Waals surface area contributed by atoms with Crippen molar-refractivity contribution < 1.29 is 22.7 Å². The van der Waals surface area contributed by atoms with E-state index in [4.69, 9.17) is 4.74 Å². The minimum absolute atomic E-state index is 0.163. The van der Waals surface area contributed by atoms with Crippen LogP contribution in [0.2, 0.25) is 0 Å². The highest BCUT2D eigenvalue weighted by Gasteiger charge is 2.28. The molecular weight excluding hydrogens is 464 g/mol. The first-order valence-corrected chi connectivity index (χ1v) is 12.8. The van der Waals surface area contributed by atoms with Gasteiger partial charge in [0.1, 0.15) is 6.04 Å². The van der Waals surface area contributed by atoms with Gasteiger partial charge in [-0.2, -0.15) is 4.72 Å². The number of ether oxygens (including phenoxy) is 1. The third kappa shape index (κ3) is 6.77. The van der Waals surface area contributed by atoms with Crippen LogP contribution < -0.4 is 10.0 Å². The summed E-state index contributed by atoms with van der Waals surface area (Å²) in [6, 6.07) is 18.0. The van der Waals surface area contributed by atoms with Crippen molar-refractivity contribution in [3.05, 3.63) is 94.5 Å². The zero-order valence-electron chi connectivity index (χ0n) is 20.3. The van der Waals surface area contributed by atoms with E-state index >= 15 is 0 Å². The van der Waals surface area contributed by atoms with Gasteiger partial charge in [-0.05, 0) is 75.1 Å². The Morgan fingerprint density at radius 2 is 1.51 bits per heavy atom. The molecule has 2 N–H and O–H groups in total. The summed E-state index contributed by atoms with van der Waals surface area (Å²) >= 11 is 0. The number of anilines is 1. The van der Waals surface area contributed by atoms with E-state index in [-0.39, 0.29) is 17.9 Å². The maximum Gasteiger partial charge on any atom is 0.338 e. The Morgan fingerprint density at radius 1 is 0.914 bits per heavy atom. The Morgan fingerprint density at radius 3 is 2.09 bits per heavy atom. The average Bonchev–Trinajstić information content (AvgIpc) is 2.79. The molecule has 8 heteroatoms. The summed E-state index contributed by atoms with van der Waals surface area (Å²) in [4.78, 5) is 25.3. The molecule has 0 unspecified atom stereocenters. The molecule has 0 aliphatic rings. The van der Waals surface area contributed by atoms with E-state index in [0.29, 0.717) is 22.4 Å². The van der Waals surface area contributed by atoms with Crippen LogP contribution in [0.1, 0.15) is 39.5 Å². The van der Waals surface area contributed by atoms with Crippen molar-refractivity contribution in [2.45, 2.75) is 45.1 Å². The minimum Gasteiger partial charge on any atom is -0.462 e. The molecule has 0 saturated heterocycles. The summed E-state index contributed by atoms with van der Waals surface area (Å²) in [5, 5.41) is 2.75. The molecule has 3 rings (SSSR count). The molecule has 0 fully saturated rings. The summed E-state index contributed by atoms with van der Waals surface area (Å²) in [7, 11) is -3.99. The monoisotopic (exact) mass is 494 g/mol. The van der Waals surface area contributed by atoms with Crippen LogP contribution in [0.3, 0.4) is 0 Å². The number of sulfonamides is 1. The van der Waals surface area contributed by atoms with Gasteiger partial charge in [-0.25, -0.2) is 13.2 Å². The summed E-state index contributed by atoms with van der Waals surface area (Å²) in [6.45, 7) is 7.37. The number of carbonyl (C=O) groups is 2. The summed E-state index contributed by atoms with van der Waals surface area (Å²) in [5.74, 6) is -0.965. The highest BCUT2D eigenvalue weighted by molar-refractivity contribution is 7.89. The average molecular weight is 495 g/mol. The van der Waals surface area contributed by atoms with E-state index in [9.17, 15) is 18.0 Å².